The lowest BCUT2D eigenvalue weighted by molar-refractivity contribution is 0.355. The van der Waals surface area contributed by atoms with E-state index in [9.17, 15) is 0 Å². The highest BCUT2D eigenvalue weighted by molar-refractivity contribution is 6.20. The van der Waals surface area contributed by atoms with Crippen LogP contribution in [0.2, 0.25) is 0 Å². The minimum absolute atomic E-state index is 0.393. The molecule has 18 heavy (non-hydrogen) atoms. The Bertz CT molecular complexity index is 357. The van der Waals surface area contributed by atoms with Crippen LogP contribution in [0.15, 0.2) is 12.3 Å². The minimum Gasteiger partial charge on any atom is -0.269 e. The molecule has 3 heteroatoms. The van der Waals surface area contributed by atoms with E-state index in [0.717, 1.165) is 25.2 Å². The maximum Gasteiger partial charge on any atom is 0.0627 e. The van der Waals surface area contributed by atoms with Crippen molar-refractivity contribution in [1.82, 2.24) is 9.78 Å². The SMILES string of the molecule is CCC(CC)n1ccc(CC2CCCC(Cl)C2)n1. The summed E-state index contributed by atoms with van der Waals surface area (Å²) in [5.41, 5.74) is 1.25. The van der Waals surface area contributed by atoms with Gasteiger partial charge in [-0.15, -0.1) is 11.6 Å². The summed E-state index contributed by atoms with van der Waals surface area (Å²) in [5.74, 6) is 0.742. The zero-order valence-electron chi connectivity index (χ0n) is 11.6. The predicted molar refractivity (Wildman–Crippen MR) is 77.1 cm³/mol. The largest absolute Gasteiger partial charge is 0.269 e. The molecule has 1 aliphatic carbocycles. The third-order valence-electron chi connectivity index (χ3n) is 4.20. The fraction of sp³-hybridized carbons (Fsp3) is 0.800. The first-order valence-corrected chi connectivity index (χ1v) is 7.84. The van der Waals surface area contributed by atoms with Crippen molar-refractivity contribution in [2.24, 2.45) is 5.92 Å². The summed E-state index contributed by atoms with van der Waals surface area (Å²) in [4.78, 5) is 0. The summed E-state index contributed by atoms with van der Waals surface area (Å²) in [6.07, 6.45) is 10.5. The van der Waals surface area contributed by atoms with Crippen LogP contribution in [0.3, 0.4) is 0 Å². The van der Waals surface area contributed by atoms with Crippen molar-refractivity contribution in [1.29, 1.82) is 0 Å². The fourth-order valence-electron chi connectivity index (χ4n) is 3.06. The zero-order chi connectivity index (χ0) is 13.0. The molecule has 1 fully saturated rings. The minimum atomic E-state index is 0.393. The molecule has 0 radical (unpaired) electrons. The summed E-state index contributed by atoms with van der Waals surface area (Å²) < 4.78 is 2.15. The number of alkyl halides is 1. The Labute approximate surface area is 116 Å². The van der Waals surface area contributed by atoms with Crippen LogP contribution in [0.4, 0.5) is 0 Å². The third kappa shape index (κ3) is 3.50. The van der Waals surface area contributed by atoms with Gasteiger partial charge < -0.3 is 0 Å². The third-order valence-corrected chi connectivity index (χ3v) is 4.59. The molecule has 1 aromatic heterocycles. The maximum absolute atomic E-state index is 6.25. The van der Waals surface area contributed by atoms with Crippen LogP contribution in [-0.2, 0) is 6.42 Å². The Morgan fingerprint density at radius 1 is 1.39 bits per heavy atom. The number of hydrogen-bond acceptors (Lipinski definition) is 1. The molecular formula is C15H25ClN2. The lowest BCUT2D eigenvalue weighted by atomic mass is 9.86. The van der Waals surface area contributed by atoms with Crippen LogP contribution >= 0.6 is 11.6 Å². The van der Waals surface area contributed by atoms with E-state index in [1.54, 1.807) is 0 Å². The average molecular weight is 269 g/mol. The van der Waals surface area contributed by atoms with Crippen LogP contribution in [0, 0.1) is 5.92 Å². The van der Waals surface area contributed by atoms with E-state index in [0.29, 0.717) is 11.4 Å². The van der Waals surface area contributed by atoms with Crippen LogP contribution < -0.4 is 0 Å². The molecule has 1 aliphatic rings. The molecule has 0 bridgehead atoms. The molecule has 102 valence electrons. The van der Waals surface area contributed by atoms with E-state index in [1.807, 2.05) is 0 Å². The molecule has 2 rings (SSSR count). The Kier molecular flexibility index (Phi) is 5.11. The van der Waals surface area contributed by atoms with E-state index in [4.69, 9.17) is 16.7 Å². The molecular weight excluding hydrogens is 244 g/mol. The van der Waals surface area contributed by atoms with Gasteiger partial charge in [0.2, 0.25) is 0 Å². The quantitative estimate of drug-likeness (QED) is 0.715. The molecule has 2 atom stereocenters. The summed E-state index contributed by atoms with van der Waals surface area (Å²) in [7, 11) is 0. The molecule has 2 nitrogen and oxygen atoms in total. The molecule has 0 aromatic carbocycles. The summed E-state index contributed by atoms with van der Waals surface area (Å²) in [5, 5.41) is 5.14. The van der Waals surface area contributed by atoms with Gasteiger partial charge in [0.25, 0.3) is 0 Å². The molecule has 1 aromatic rings. The van der Waals surface area contributed by atoms with Crippen molar-refractivity contribution < 1.29 is 0 Å². The van der Waals surface area contributed by atoms with Gasteiger partial charge in [0.1, 0.15) is 0 Å². The normalized spacial score (nSPS) is 24.7. The topological polar surface area (TPSA) is 17.8 Å². The van der Waals surface area contributed by atoms with Gasteiger partial charge in [-0.05, 0) is 50.5 Å². The van der Waals surface area contributed by atoms with Gasteiger partial charge in [-0.2, -0.15) is 5.10 Å². The number of hydrogen-bond donors (Lipinski definition) is 0. The Morgan fingerprint density at radius 3 is 2.83 bits per heavy atom. The molecule has 0 amide bonds. The standard InChI is InChI=1S/C15H25ClN2/c1-3-15(4-2)18-9-8-14(17-18)11-12-6-5-7-13(16)10-12/h8-9,12-13,15H,3-7,10-11H2,1-2H3. The highest BCUT2D eigenvalue weighted by Crippen LogP contribution is 2.30. The number of halogens is 1. The maximum atomic E-state index is 6.25. The van der Waals surface area contributed by atoms with Gasteiger partial charge in [-0.3, -0.25) is 4.68 Å². The van der Waals surface area contributed by atoms with Crippen LogP contribution in [0.1, 0.15) is 64.1 Å². The molecule has 0 spiro atoms. The van der Waals surface area contributed by atoms with Gasteiger partial charge in [0.15, 0.2) is 0 Å². The highest BCUT2D eigenvalue weighted by Gasteiger charge is 2.21. The smallest absolute Gasteiger partial charge is 0.0627 e. The summed E-state index contributed by atoms with van der Waals surface area (Å²) in [6, 6.07) is 2.75. The molecule has 0 aliphatic heterocycles. The highest BCUT2D eigenvalue weighted by atomic mass is 35.5. The van der Waals surface area contributed by atoms with E-state index in [-0.39, 0.29) is 0 Å². The molecule has 1 saturated carbocycles. The summed E-state index contributed by atoms with van der Waals surface area (Å²) >= 11 is 6.25. The molecule has 0 saturated heterocycles. The average Bonchev–Trinajstić information content (AvgIpc) is 2.79. The Balaban J connectivity index is 1.93. The van der Waals surface area contributed by atoms with Crippen molar-refractivity contribution in [3.8, 4) is 0 Å². The second kappa shape index (κ2) is 6.60. The summed E-state index contributed by atoms with van der Waals surface area (Å²) in [6.45, 7) is 4.46. The van der Waals surface area contributed by atoms with Gasteiger partial charge in [0, 0.05) is 11.6 Å². The second-order valence-corrected chi connectivity index (χ2v) is 6.21. The first-order chi connectivity index (χ1) is 8.72. The van der Waals surface area contributed by atoms with E-state index < -0.39 is 0 Å². The van der Waals surface area contributed by atoms with Gasteiger partial charge >= 0.3 is 0 Å². The predicted octanol–water partition coefficient (Wildman–Crippen LogP) is 4.58. The first-order valence-electron chi connectivity index (χ1n) is 7.41. The van der Waals surface area contributed by atoms with Gasteiger partial charge in [0.05, 0.1) is 11.7 Å². The van der Waals surface area contributed by atoms with Crippen molar-refractivity contribution in [3.05, 3.63) is 18.0 Å². The van der Waals surface area contributed by atoms with Crippen LogP contribution in [0.25, 0.3) is 0 Å². The van der Waals surface area contributed by atoms with Crippen molar-refractivity contribution in [2.45, 2.75) is 70.2 Å². The molecule has 0 N–H and O–H groups in total. The second-order valence-electron chi connectivity index (χ2n) is 5.59. The number of aromatic nitrogens is 2. The fourth-order valence-corrected chi connectivity index (χ4v) is 3.47. The van der Waals surface area contributed by atoms with Crippen molar-refractivity contribution >= 4 is 11.6 Å². The van der Waals surface area contributed by atoms with Crippen LogP contribution in [-0.4, -0.2) is 15.2 Å². The number of nitrogens with zero attached hydrogens (tertiary/aromatic N) is 2. The number of rotatable bonds is 5. The van der Waals surface area contributed by atoms with Gasteiger partial charge in [-0.1, -0.05) is 20.3 Å². The van der Waals surface area contributed by atoms with Gasteiger partial charge in [-0.25, -0.2) is 0 Å². The Hall–Kier alpha value is -0.500. The lowest BCUT2D eigenvalue weighted by Gasteiger charge is -2.24. The van der Waals surface area contributed by atoms with Crippen molar-refractivity contribution in [2.75, 3.05) is 0 Å². The van der Waals surface area contributed by atoms with Crippen molar-refractivity contribution in [3.63, 3.8) is 0 Å². The lowest BCUT2D eigenvalue weighted by Crippen LogP contribution is -2.18. The van der Waals surface area contributed by atoms with E-state index >= 15 is 0 Å². The molecule has 1 heterocycles. The molecule has 2 unspecified atom stereocenters. The zero-order valence-corrected chi connectivity index (χ0v) is 12.4. The Morgan fingerprint density at radius 2 is 2.17 bits per heavy atom. The van der Waals surface area contributed by atoms with E-state index in [2.05, 4.69) is 30.8 Å². The van der Waals surface area contributed by atoms with Crippen LogP contribution in [0.5, 0.6) is 0 Å². The monoisotopic (exact) mass is 268 g/mol. The van der Waals surface area contributed by atoms with E-state index in [1.165, 1.54) is 31.4 Å². The first kappa shape index (κ1) is 13.9.